The van der Waals surface area contributed by atoms with Crippen molar-refractivity contribution in [3.8, 4) is 5.69 Å². The molecule has 1 aromatic carbocycles. The molecule has 3 heterocycles. The van der Waals surface area contributed by atoms with Crippen LogP contribution in [-0.4, -0.2) is 25.9 Å². The van der Waals surface area contributed by atoms with Gasteiger partial charge in [0.2, 0.25) is 0 Å². The molecule has 1 unspecified atom stereocenters. The van der Waals surface area contributed by atoms with Gasteiger partial charge in [-0.15, -0.1) is 0 Å². The van der Waals surface area contributed by atoms with Crippen molar-refractivity contribution < 1.29 is 18.3 Å². The van der Waals surface area contributed by atoms with Crippen LogP contribution in [0.15, 0.2) is 30.3 Å². The maximum Gasteiger partial charge on any atom is 0.433 e. The molecule has 1 atom stereocenters. The lowest BCUT2D eigenvalue weighted by atomic mass is 9.88. The highest BCUT2D eigenvalue weighted by Crippen LogP contribution is 2.37. The van der Waals surface area contributed by atoms with E-state index in [1.165, 1.54) is 12.5 Å². The molecule has 0 amide bonds. The van der Waals surface area contributed by atoms with E-state index in [1.807, 2.05) is 18.2 Å². The van der Waals surface area contributed by atoms with Crippen LogP contribution in [0.3, 0.4) is 0 Å². The summed E-state index contributed by atoms with van der Waals surface area (Å²) in [5.41, 5.74) is 2.28. The number of rotatable bonds is 2. The summed E-state index contributed by atoms with van der Waals surface area (Å²) in [4.78, 5) is 8.67. The number of aliphatic hydroxyl groups excluding tert-OH is 1. The summed E-state index contributed by atoms with van der Waals surface area (Å²) in [6, 6.07) is 8.01. The normalized spacial score (nSPS) is 20.1. The molecule has 0 radical (unpaired) electrons. The Kier molecular flexibility index (Phi) is 4.27. The smallest absolute Gasteiger partial charge is 0.373 e. The van der Waals surface area contributed by atoms with Gasteiger partial charge in [0.1, 0.15) is 23.3 Å². The second kappa shape index (κ2) is 6.73. The van der Waals surface area contributed by atoms with E-state index in [-0.39, 0.29) is 11.6 Å². The second-order valence-electron chi connectivity index (χ2n) is 7.88. The Labute approximate surface area is 165 Å². The van der Waals surface area contributed by atoms with E-state index in [9.17, 15) is 18.3 Å². The Morgan fingerprint density at radius 3 is 2.59 bits per heavy atom. The summed E-state index contributed by atoms with van der Waals surface area (Å²) in [5, 5.41) is 12.8. The topological polar surface area (TPSA) is 63.0 Å². The van der Waals surface area contributed by atoms with E-state index >= 15 is 0 Å². The molecule has 2 aromatic heterocycles. The number of imidazole rings is 1. The highest BCUT2D eigenvalue weighted by Gasteiger charge is 2.34. The van der Waals surface area contributed by atoms with Gasteiger partial charge in [0.25, 0.3) is 0 Å². The summed E-state index contributed by atoms with van der Waals surface area (Å²) >= 11 is 0. The predicted octanol–water partition coefficient (Wildman–Crippen LogP) is 4.77. The molecule has 152 valence electrons. The van der Waals surface area contributed by atoms with Crippen LogP contribution in [0.5, 0.6) is 0 Å². The van der Waals surface area contributed by atoms with Crippen LogP contribution in [0.2, 0.25) is 0 Å². The first-order valence-corrected chi connectivity index (χ1v) is 9.94. The molecular formula is C21H21F3N4O. The molecule has 29 heavy (non-hydrogen) atoms. The Bertz CT molecular complexity index is 1070. The van der Waals surface area contributed by atoms with Crippen LogP contribution in [0.1, 0.15) is 55.1 Å². The average Bonchev–Trinajstić information content (AvgIpc) is 3.26. The molecule has 1 aliphatic heterocycles. The standard InChI is InChI=1S/C21H21F3N4O/c22-21(23,24)17-9-8-16-20(27-17)28(19(26-16)12-4-2-1-3-5-12)14-6-7-15-13(10-14)11-18(29)25-15/h6-10,12,18,25,29H,1-5,11H2. The minimum absolute atomic E-state index is 0.198. The zero-order chi connectivity index (χ0) is 20.2. The average molecular weight is 402 g/mol. The van der Waals surface area contributed by atoms with Gasteiger partial charge in [0.15, 0.2) is 5.65 Å². The van der Waals surface area contributed by atoms with Crippen molar-refractivity contribution in [3.05, 3.63) is 47.4 Å². The van der Waals surface area contributed by atoms with E-state index < -0.39 is 18.1 Å². The number of aromatic nitrogens is 3. The van der Waals surface area contributed by atoms with Gasteiger partial charge in [-0.1, -0.05) is 19.3 Å². The van der Waals surface area contributed by atoms with Gasteiger partial charge < -0.3 is 10.4 Å². The first-order chi connectivity index (χ1) is 13.9. The van der Waals surface area contributed by atoms with Crippen molar-refractivity contribution in [1.29, 1.82) is 0 Å². The predicted molar refractivity (Wildman–Crippen MR) is 103 cm³/mol. The monoisotopic (exact) mass is 402 g/mol. The summed E-state index contributed by atoms with van der Waals surface area (Å²) in [6.45, 7) is 0. The van der Waals surface area contributed by atoms with Crippen LogP contribution in [-0.2, 0) is 12.6 Å². The molecular weight excluding hydrogens is 381 g/mol. The van der Waals surface area contributed by atoms with Crippen molar-refractivity contribution in [2.24, 2.45) is 0 Å². The fraction of sp³-hybridized carbons (Fsp3) is 0.429. The Balaban J connectivity index is 1.71. The number of halogens is 3. The minimum Gasteiger partial charge on any atom is -0.373 e. The SMILES string of the molecule is OC1Cc2cc(-n3c(C4CCCCC4)nc4ccc(C(F)(F)F)nc43)ccc2N1. The quantitative estimate of drug-likeness (QED) is 0.648. The van der Waals surface area contributed by atoms with E-state index in [0.29, 0.717) is 11.9 Å². The van der Waals surface area contributed by atoms with Crippen LogP contribution >= 0.6 is 0 Å². The first-order valence-electron chi connectivity index (χ1n) is 9.94. The molecule has 1 aliphatic carbocycles. The highest BCUT2D eigenvalue weighted by molar-refractivity contribution is 5.75. The number of alkyl halides is 3. The third-order valence-corrected chi connectivity index (χ3v) is 5.87. The van der Waals surface area contributed by atoms with Gasteiger partial charge in [-0.05, 0) is 48.7 Å². The van der Waals surface area contributed by atoms with Gasteiger partial charge >= 0.3 is 6.18 Å². The minimum atomic E-state index is -4.51. The summed E-state index contributed by atoms with van der Waals surface area (Å²) in [5.74, 6) is 0.974. The van der Waals surface area contributed by atoms with E-state index in [0.717, 1.165) is 54.5 Å². The molecule has 2 aliphatic rings. The number of benzene rings is 1. The first kappa shape index (κ1) is 18.4. The summed E-state index contributed by atoms with van der Waals surface area (Å²) in [6.07, 6.45) is 0.602. The largest absolute Gasteiger partial charge is 0.433 e. The van der Waals surface area contributed by atoms with Crippen LogP contribution in [0.4, 0.5) is 18.9 Å². The number of fused-ring (bicyclic) bond motifs is 2. The van der Waals surface area contributed by atoms with Gasteiger partial charge in [-0.25, -0.2) is 9.97 Å². The number of hydrogen-bond acceptors (Lipinski definition) is 4. The fourth-order valence-corrected chi connectivity index (χ4v) is 4.49. The lowest BCUT2D eigenvalue weighted by Crippen LogP contribution is -2.12. The lowest BCUT2D eigenvalue weighted by Gasteiger charge is -2.22. The van der Waals surface area contributed by atoms with Crippen molar-refractivity contribution in [2.75, 3.05) is 5.32 Å². The van der Waals surface area contributed by atoms with Crippen molar-refractivity contribution >= 4 is 16.9 Å². The molecule has 0 spiro atoms. The van der Waals surface area contributed by atoms with Crippen molar-refractivity contribution in [2.45, 2.75) is 56.8 Å². The molecule has 0 bridgehead atoms. The number of hydrogen-bond donors (Lipinski definition) is 2. The fourth-order valence-electron chi connectivity index (χ4n) is 4.49. The van der Waals surface area contributed by atoms with Gasteiger partial charge in [0, 0.05) is 23.7 Å². The molecule has 8 heteroatoms. The van der Waals surface area contributed by atoms with Gasteiger partial charge in [-0.3, -0.25) is 4.57 Å². The van der Waals surface area contributed by atoms with E-state index in [1.54, 1.807) is 4.57 Å². The Hall–Kier alpha value is -2.61. The molecule has 1 saturated carbocycles. The van der Waals surface area contributed by atoms with Crippen molar-refractivity contribution in [3.63, 3.8) is 0 Å². The zero-order valence-electron chi connectivity index (χ0n) is 15.7. The summed E-state index contributed by atoms with van der Waals surface area (Å²) in [7, 11) is 0. The van der Waals surface area contributed by atoms with Gasteiger partial charge in [0.05, 0.1) is 0 Å². The Morgan fingerprint density at radius 1 is 1.03 bits per heavy atom. The maximum atomic E-state index is 13.3. The number of nitrogens with zero attached hydrogens (tertiary/aromatic N) is 3. The van der Waals surface area contributed by atoms with E-state index in [2.05, 4.69) is 10.3 Å². The molecule has 5 rings (SSSR count). The van der Waals surface area contributed by atoms with Crippen LogP contribution in [0, 0.1) is 0 Å². The van der Waals surface area contributed by atoms with Crippen LogP contribution < -0.4 is 5.32 Å². The molecule has 5 nitrogen and oxygen atoms in total. The lowest BCUT2D eigenvalue weighted by molar-refractivity contribution is -0.141. The summed E-state index contributed by atoms with van der Waals surface area (Å²) < 4.78 is 41.7. The molecule has 1 fully saturated rings. The number of pyridine rings is 1. The Morgan fingerprint density at radius 2 is 1.83 bits per heavy atom. The number of nitrogens with one attached hydrogen (secondary N) is 1. The zero-order valence-corrected chi connectivity index (χ0v) is 15.7. The third kappa shape index (κ3) is 3.25. The number of anilines is 1. The molecule has 2 N–H and O–H groups in total. The third-order valence-electron chi connectivity index (χ3n) is 5.87. The van der Waals surface area contributed by atoms with E-state index in [4.69, 9.17) is 4.98 Å². The highest BCUT2D eigenvalue weighted by atomic mass is 19.4. The molecule has 3 aromatic rings. The second-order valence-corrected chi connectivity index (χ2v) is 7.88. The van der Waals surface area contributed by atoms with Crippen molar-refractivity contribution in [1.82, 2.24) is 14.5 Å². The number of aliphatic hydroxyl groups is 1. The maximum absolute atomic E-state index is 13.3. The van der Waals surface area contributed by atoms with Crippen LogP contribution in [0.25, 0.3) is 16.9 Å². The molecule has 0 saturated heterocycles. The van der Waals surface area contributed by atoms with Gasteiger partial charge in [-0.2, -0.15) is 13.2 Å².